The Morgan fingerprint density at radius 1 is 1.05 bits per heavy atom. The van der Waals surface area contributed by atoms with E-state index < -0.39 is 5.97 Å². The van der Waals surface area contributed by atoms with Gasteiger partial charge in [-0.05, 0) is 74.7 Å². The molecule has 1 N–H and O–H groups in total. The Hall–Kier alpha value is -1.38. The minimum absolute atomic E-state index is 0.119. The number of hydrogen-bond acceptors (Lipinski definition) is 2. The van der Waals surface area contributed by atoms with Crippen molar-refractivity contribution in [1.82, 2.24) is 0 Å². The summed E-state index contributed by atoms with van der Waals surface area (Å²) in [5.41, 5.74) is 0.164. The monoisotopic (exact) mass is 274 g/mol. The Balaban J connectivity index is 1.77. The smallest absolute Gasteiger partial charge is 0.339 e. The lowest BCUT2D eigenvalue weighted by molar-refractivity contribution is -0.134. The van der Waals surface area contributed by atoms with E-state index in [1.54, 1.807) is 0 Å². The van der Waals surface area contributed by atoms with Gasteiger partial charge >= 0.3 is 5.97 Å². The quantitative estimate of drug-likeness (QED) is 0.370. The van der Waals surface area contributed by atoms with Crippen molar-refractivity contribution in [2.75, 3.05) is 0 Å². The Morgan fingerprint density at radius 2 is 1.55 bits per heavy atom. The highest BCUT2D eigenvalue weighted by Gasteiger charge is 2.49. The van der Waals surface area contributed by atoms with Crippen LogP contribution in [0, 0.1) is 23.2 Å². The molecule has 0 unspecified atom stereocenters. The molecule has 4 aliphatic rings. The summed E-state index contributed by atoms with van der Waals surface area (Å²) in [5.74, 6) is 1.12. The highest BCUT2D eigenvalue weighted by atomic mass is 16.4. The molecule has 3 nitrogen and oxygen atoms in total. The Kier molecular flexibility index (Phi) is 3.31. The normalized spacial score (nSPS) is 39.5. The third-order valence-corrected chi connectivity index (χ3v) is 5.41. The van der Waals surface area contributed by atoms with Gasteiger partial charge in [-0.3, -0.25) is 4.79 Å². The van der Waals surface area contributed by atoms with Crippen molar-refractivity contribution >= 4 is 11.8 Å². The van der Waals surface area contributed by atoms with E-state index in [4.69, 9.17) is 5.11 Å². The highest BCUT2D eigenvalue weighted by Crippen LogP contribution is 2.60. The summed E-state index contributed by atoms with van der Waals surface area (Å²) in [7, 11) is 0. The SMILES string of the molecule is CC(=O)/C(=C\C=C\C12CC3CC(CC(C3)C1)C2)C(=O)O. The van der Waals surface area contributed by atoms with E-state index in [2.05, 4.69) is 6.08 Å². The van der Waals surface area contributed by atoms with Crippen molar-refractivity contribution in [1.29, 1.82) is 0 Å². The van der Waals surface area contributed by atoms with Crippen LogP contribution in [0.5, 0.6) is 0 Å². The van der Waals surface area contributed by atoms with Gasteiger partial charge in [-0.1, -0.05) is 12.2 Å². The molecule has 0 aliphatic heterocycles. The van der Waals surface area contributed by atoms with E-state index >= 15 is 0 Å². The molecule has 20 heavy (non-hydrogen) atoms. The van der Waals surface area contributed by atoms with Gasteiger partial charge in [0.05, 0.1) is 0 Å². The van der Waals surface area contributed by atoms with Gasteiger partial charge < -0.3 is 5.11 Å². The number of aliphatic carboxylic acids is 1. The molecule has 4 rings (SSSR count). The zero-order valence-electron chi connectivity index (χ0n) is 12.0. The fraction of sp³-hybridized carbons (Fsp3) is 0.647. The molecule has 4 aliphatic carbocycles. The maximum absolute atomic E-state index is 11.3. The summed E-state index contributed by atoms with van der Waals surface area (Å²) in [4.78, 5) is 22.2. The second kappa shape index (κ2) is 4.87. The number of allylic oxidation sites excluding steroid dienone is 3. The van der Waals surface area contributed by atoms with Crippen LogP contribution in [0.4, 0.5) is 0 Å². The number of carboxylic acids is 1. The van der Waals surface area contributed by atoms with Crippen molar-refractivity contribution in [3.63, 3.8) is 0 Å². The van der Waals surface area contributed by atoms with Crippen LogP contribution in [0.2, 0.25) is 0 Å². The molecule has 0 aromatic heterocycles. The maximum atomic E-state index is 11.3. The molecule has 108 valence electrons. The summed E-state index contributed by atoms with van der Waals surface area (Å²) < 4.78 is 0. The molecule has 4 bridgehead atoms. The first-order valence-corrected chi connectivity index (χ1v) is 7.61. The Labute approximate surface area is 119 Å². The molecule has 0 spiro atoms. The standard InChI is InChI=1S/C17H22O3/c1-11(18)15(16(19)20)3-2-4-17-8-12-5-13(9-17)7-14(6-12)10-17/h2-4,12-14H,5-10H2,1H3,(H,19,20)/b4-2+,15-3+. The molecule has 0 heterocycles. The molecule has 0 aromatic rings. The lowest BCUT2D eigenvalue weighted by Crippen LogP contribution is -2.44. The van der Waals surface area contributed by atoms with Crippen molar-refractivity contribution in [2.24, 2.45) is 23.2 Å². The predicted molar refractivity (Wildman–Crippen MR) is 76.1 cm³/mol. The number of carbonyl (C=O) groups excluding carboxylic acids is 1. The topological polar surface area (TPSA) is 54.4 Å². The fourth-order valence-electron chi connectivity index (χ4n) is 5.07. The van der Waals surface area contributed by atoms with E-state index in [0.29, 0.717) is 0 Å². The van der Waals surface area contributed by atoms with Crippen molar-refractivity contribution in [2.45, 2.75) is 45.4 Å². The van der Waals surface area contributed by atoms with Crippen LogP contribution in [0.25, 0.3) is 0 Å². The average molecular weight is 274 g/mol. The van der Waals surface area contributed by atoms with Gasteiger partial charge in [-0.15, -0.1) is 0 Å². The van der Waals surface area contributed by atoms with Crippen molar-refractivity contribution in [3.05, 3.63) is 23.8 Å². The summed E-state index contributed by atoms with van der Waals surface area (Å²) in [6.45, 7) is 1.30. The predicted octanol–water partition coefficient (Wildman–Crippen LogP) is 3.36. The number of carboxylic acid groups (broad SMARTS) is 1. The summed E-state index contributed by atoms with van der Waals surface area (Å²) in [5, 5.41) is 8.98. The first-order chi connectivity index (χ1) is 9.47. The van der Waals surface area contributed by atoms with Crippen LogP contribution < -0.4 is 0 Å². The molecule has 0 radical (unpaired) electrons. The number of Topliss-reactive ketones (excluding diaryl/α,β-unsaturated/α-hetero) is 1. The molecule has 0 aromatic carbocycles. The number of ketones is 1. The second-order valence-electron chi connectivity index (χ2n) is 7.08. The first kappa shape index (κ1) is 13.6. The van der Waals surface area contributed by atoms with Gasteiger partial charge in [0.25, 0.3) is 0 Å². The van der Waals surface area contributed by atoms with E-state index in [0.717, 1.165) is 17.8 Å². The van der Waals surface area contributed by atoms with Crippen LogP contribution in [0.1, 0.15) is 45.4 Å². The zero-order valence-corrected chi connectivity index (χ0v) is 12.0. The van der Waals surface area contributed by atoms with Crippen molar-refractivity contribution in [3.8, 4) is 0 Å². The minimum Gasteiger partial charge on any atom is -0.478 e. The van der Waals surface area contributed by atoms with Gasteiger partial charge in [-0.2, -0.15) is 0 Å². The lowest BCUT2D eigenvalue weighted by atomic mass is 9.49. The maximum Gasteiger partial charge on any atom is 0.339 e. The lowest BCUT2D eigenvalue weighted by Gasteiger charge is -2.55. The van der Waals surface area contributed by atoms with Gasteiger partial charge in [0.15, 0.2) is 5.78 Å². The molecule has 0 atom stereocenters. The second-order valence-corrected chi connectivity index (χ2v) is 7.08. The van der Waals surface area contributed by atoms with Crippen LogP contribution in [-0.4, -0.2) is 16.9 Å². The fourth-order valence-corrected chi connectivity index (χ4v) is 5.07. The van der Waals surface area contributed by atoms with E-state index in [1.165, 1.54) is 51.5 Å². The minimum atomic E-state index is -1.13. The molecule has 0 amide bonds. The van der Waals surface area contributed by atoms with Gasteiger partial charge in [0.1, 0.15) is 5.57 Å². The van der Waals surface area contributed by atoms with Crippen LogP contribution >= 0.6 is 0 Å². The summed E-state index contributed by atoms with van der Waals surface area (Å²) in [6, 6.07) is 0. The molecule has 0 saturated heterocycles. The number of hydrogen-bond donors (Lipinski definition) is 1. The molecule has 4 saturated carbocycles. The average Bonchev–Trinajstić information content (AvgIpc) is 2.31. The van der Waals surface area contributed by atoms with Crippen LogP contribution in [0.15, 0.2) is 23.8 Å². The van der Waals surface area contributed by atoms with Crippen molar-refractivity contribution < 1.29 is 14.7 Å². The summed E-state index contributed by atoms with van der Waals surface area (Å²) in [6.07, 6.45) is 13.5. The van der Waals surface area contributed by atoms with E-state index in [9.17, 15) is 9.59 Å². The third kappa shape index (κ3) is 2.46. The van der Waals surface area contributed by atoms with E-state index in [-0.39, 0.29) is 16.8 Å². The molecular formula is C17H22O3. The highest BCUT2D eigenvalue weighted by molar-refractivity contribution is 6.15. The number of rotatable bonds is 4. The number of carbonyl (C=O) groups is 2. The Bertz CT molecular complexity index is 447. The van der Waals surface area contributed by atoms with Gasteiger partial charge in [0, 0.05) is 0 Å². The van der Waals surface area contributed by atoms with Crippen LogP contribution in [0.3, 0.4) is 0 Å². The van der Waals surface area contributed by atoms with E-state index in [1.807, 2.05) is 6.08 Å². The molecule has 4 fully saturated rings. The summed E-state index contributed by atoms with van der Waals surface area (Å²) >= 11 is 0. The van der Waals surface area contributed by atoms with Gasteiger partial charge in [0.2, 0.25) is 0 Å². The zero-order chi connectivity index (χ0) is 14.3. The third-order valence-electron chi connectivity index (χ3n) is 5.41. The molecule has 3 heteroatoms. The first-order valence-electron chi connectivity index (χ1n) is 7.61. The largest absolute Gasteiger partial charge is 0.478 e. The van der Waals surface area contributed by atoms with Crippen LogP contribution in [-0.2, 0) is 9.59 Å². The van der Waals surface area contributed by atoms with Gasteiger partial charge in [-0.25, -0.2) is 4.79 Å². The molecular weight excluding hydrogens is 252 g/mol. The Morgan fingerprint density at radius 3 is 1.95 bits per heavy atom.